The number of amides is 2. The van der Waals surface area contributed by atoms with E-state index in [9.17, 15) is 26.8 Å². The van der Waals surface area contributed by atoms with E-state index in [1.54, 1.807) is 13.8 Å². The second-order valence-electron chi connectivity index (χ2n) is 9.48. The minimum atomic E-state index is -3.72. The second-order valence-corrected chi connectivity index (χ2v) is 11.4. The van der Waals surface area contributed by atoms with Crippen molar-refractivity contribution >= 4 is 33.2 Å². The van der Waals surface area contributed by atoms with Crippen LogP contribution >= 0.6 is 0 Å². The van der Waals surface area contributed by atoms with Crippen LogP contribution in [-0.4, -0.2) is 44.2 Å². The minimum absolute atomic E-state index is 0.112. The third-order valence-corrected chi connectivity index (χ3v) is 8.34. The molecule has 182 valence electrons. The average molecular weight is 492 g/mol. The zero-order chi connectivity index (χ0) is 24.8. The highest BCUT2D eigenvalue weighted by atomic mass is 32.2. The number of piperidine rings is 1. The van der Waals surface area contributed by atoms with E-state index in [2.05, 4.69) is 5.32 Å². The Kier molecular flexibility index (Phi) is 6.24. The van der Waals surface area contributed by atoms with Crippen molar-refractivity contribution in [3.8, 4) is 0 Å². The molecule has 2 amide bonds. The Bertz CT molecular complexity index is 1260. The Morgan fingerprint density at radius 1 is 1.18 bits per heavy atom. The zero-order valence-corrected chi connectivity index (χ0v) is 20.1. The molecule has 4 rings (SSSR count). The number of carbonyl (C=O) groups excluding carboxylic acids is 2. The van der Waals surface area contributed by atoms with Gasteiger partial charge in [0, 0.05) is 24.8 Å². The number of anilines is 2. The minimum Gasteiger partial charge on any atom is -0.322 e. The standard InChI is InChI=1S/C24H27F2N3O4S/c1-15-5-4-10-28(13-15)34(32,33)17-7-9-21-18(12-17)24(2,3)23(31)29(21)14-22(30)27-20-8-6-16(25)11-19(20)26/h6-9,11-12,15H,4-5,10,13-14H2,1-3H3,(H,27,30)/t15-/m1/s1. The molecular formula is C24H27F2N3O4S. The number of hydrogen-bond acceptors (Lipinski definition) is 4. The summed E-state index contributed by atoms with van der Waals surface area (Å²) in [5, 5.41) is 2.35. The number of nitrogens with one attached hydrogen (secondary N) is 1. The molecule has 2 heterocycles. The Morgan fingerprint density at radius 3 is 2.59 bits per heavy atom. The Balaban J connectivity index is 1.60. The molecule has 2 aromatic carbocycles. The molecule has 34 heavy (non-hydrogen) atoms. The zero-order valence-electron chi connectivity index (χ0n) is 19.3. The fourth-order valence-electron chi connectivity index (χ4n) is 4.57. The van der Waals surface area contributed by atoms with Crippen molar-refractivity contribution in [1.29, 1.82) is 0 Å². The van der Waals surface area contributed by atoms with Gasteiger partial charge in [0.2, 0.25) is 21.8 Å². The second kappa shape index (κ2) is 8.74. The van der Waals surface area contributed by atoms with Crippen molar-refractivity contribution in [3.05, 3.63) is 53.6 Å². The van der Waals surface area contributed by atoms with E-state index >= 15 is 0 Å². The molecule has 1 atom stereocenters. The number of hydrogen-bond donors (Lipinski definition) is 1. The summed E-state index contributed by atoms with van der Waals surface area (Å²) in [6, 6.07) is 7.27. The molecule has 0 saturated carbocycles. The summed E-state index contributed by atoms with van der Waals surface area (Å²) in [6.07, 6.45) is 1.78. The van der Waals surface area contributed by atoms with Crippen molar-refractivity contribution in [2.45, 2.75) is 43.9 Å². The van der Waals surface area contributed by atoms with Crippen LogP contribution in [0.15, 0.2) is 41.3 Å². The summed E-state index contributed by atoms with van der Waals surface area (Å²) < 4.78 is 55.0. The van der Waals surface area contributed by atoms with Gasteiger partial charge >= 0.3 is 0 Å². The van der Waals surface area contributed by atoms with Gasteiger partial charge in [0.1, 0.15) is 18.2 Å². The highest BCUT2D eigenvalue weighted by molar-refractivity contribution is 7.89. The van der Waals surface area contributed by atoms with Gasteiger partial charge in [0.05, 0.1) is 16.0 Å². The van der Waals surface area contributed by atoms with Gasteiger partial charge in [-0.3, -0.25) is 9.59 Å². The lowest BCUT2D eigenvalue weighted by Gasteiger charge is -2.30. The van der Waals surface area contributed by atoms with Crippen LogP contribution in [0.3, 0.4) is 0 Å². The molecule has 2 aromatic rings. The third kappa shape index (κ3) is 4.32. The van der Waals surface area contributed by atoms with Crippen LogP contribution in [0.25, 0.3) is 0 Å². The van der Waals surface area contributed by atoms with Crippen LogP contribution in [0.5, 0.6) is 0 Å². The van der Waals surface area contributed by atoms with E-state index in [0.717, 1.165) is 25.0 Å². The molecule has 0 bridgehead atoms. The summed E-state index contributed by atoms with van der Waals surface area (Å²) in [4.78, 5) is 27.1. The molecule has 0 radical (unpaired) electrons. The fourth-order valence-corrected chi connectivity index (χ4v) is 6.19. The predicted molar refractivity (Wildman–Crippen MR) is 124 cm³/mol. The maximum Gasteiger partial charge on any atom is 0.244 e. The first-order valence-electron chi connectivity index (χ1n) is 11.1. The molecule has 0 aliphatic carbocycles. The smallest absolute Gasteiger partial charge is 0.244 e. The summed E-state index contributed by atoms with van der Waals surface area (Å²) in [5.74, 6) is -2.47. The van der Waals surface area contributed by atoms with Crippen LogP contribution in [0, 0.1) is 17.6 Å². The number of fused-ring (bicyclic) bond motifs is 1. The van der Waals surface area contributed by atoms with Crippen LogP contribution in [-0.2, 0) is 25.0 Å². The maximum absolute atomic E-state index is 13.9. The molecule has 1 fully saturated rings. The van der Waals surface area contributed by atoms with E-state index in [1.807, 2.05) is 6.92 Å². The predicted octanol–water partition coefficient (Wildman–Crippen LogP) is 3.65. The molecule has 2 aliphatic rings. The van der Waals surface area contributed by atoms with E-state index in [-0.39, 0.29) is 22.4 Å². The number of benzene rings is 2. The number of carbonyl (C=O) groups is 2. The summed E-state index contributed by atoms with van der Waals surface area (Å²) in [6.45, 7) is 5.87. The Hall–Kier alpha value is -2.85. The van der Waals surface area contributed by atoms with Crippen molar-refractivity contribution in [1.82, 2.24) is 4.31 Å². The van der Waals surface area contributed by atoms with Crippen molar-refractivity contribution < 1.29 is 26.8 Å². The summed E-state index contributed by atoms with van der Waals surface area (Å²) in [5.41, 5.74) is -0.327. The largest absolute Gasteiger partial charge is 0.322 e. The number of nitrogens with zero attached hydrogens (tertiary/aromatic N) is 2. The van der Waals surface area contributed by atoms with E-state index < -0.39 is 39.5 Å². The third-order valence-electron chi connectivity index (χ3n) is 6.48. The van der Waals surface area contributed by atoms with Gasteiger partial charge in [-0.15, -0.1) is 0 Å². The topological polar surface area (TPSA) is 86.8 Å². The first-order chi connectivity index (χ1) is 15.9. The van der Waals surface area contributed by atoms with Crippen LogP contribution in [0.2, 0.25) is 0 Å². The van der Waals surface area contributed by atoms with Gasteiger partial charge in [-0.05, 0) is 68.5 Å². The van der Waals surface area contributed by atoms with Crippen LogP contribution in [0.1, 0.15) is 39.2 Å². The summed E-state index contributed by atoms with van der Waals surface area (Å²) in [7, 11) is -3.72. The van der Waals surface area contributed by atoms with Gasteiger partial charge in [0.25, 0.3) is 0 Å². The molecule has 0 aromatic heterocycles. The number of halogens is 2. The molecule has 2 aliphatic heterocycles. The lowest BCUT2D eigenvalue weighted by atomic mass is 9.86. The van der Waals surface area contributed by atoms with Crippen molar-refractivity contribution in [2.24, 2.45) is 5.92 Å². The van der Waals surface area contributed by atoms with Gasteiger partial charge in [-0.1, -0.05) is 6.92 Å². The van der Waals surface area contributed by atoms with Gasteiger partial charge < -0.3 is 10.2 Å². The first kappa shape index (κ1) is 24.3. The van der Waals surface area contributed by atoms with Gasteiger partial charge in [-0.2, -0.15) is 4.31 Å². The molecule has 1 N–H and O–H groups in total. The number of sulfonamides is 1. The Morgan fingerprint density at radius 2 is 1.91 bits per heavy atom. The normalized spacial score (nSPS) is 20.3. The van der Waals surface area contributed by atoms with E-state index in [4.69, 9.17) is 0 Å². The molecule has 1 saturated heterocycles. The van der Waals surface area contributed by atoms with Crippen molar-refractivity contribution in [2.75, 3.05) is 29.9 Å². The van der Waals surface area contributed by atoms with Gasteiger partial charge in [-0.25, -0.2) is 17.2 Å². The quantitative estimate of drug-likeness (QED) is 0.692. The SMILES string of the molecule is C[C@@H]1CCCN(S(=O)(=O)c2ccc3c(c2)C(C)(C)C(=O)N3CC(=O)Nc2ccc(F)cc2F)C1. The highest BCUT2D eigenvalue weighted by Crippen LogP contribution is 2.43. The van der Waals surface area contributed by atoms with Gasteiger partial charge in [0.15, 0.2) is 0 Å². The maximum atomic E-state index is 13.9. The van der Waals surface area contributed by atoms with E-state index in [0.29, 0.717) is 30.4 Å². The van der Waals surface area contributed by atoms with E-state index in [1.165, 1.54) is 27.4 Å². The molecule has 7 nitrogen and oxygen atoms in total. The highest BCUT2D eigenvalue weighted by Gasteiger charge is 2.45. The monoisotopic (exact) mass is 491 g/mol. The molecule has 0 spiro atoms. The number of rotatable bonds is 5. The molecule has 10 heteroatoms. The van der Waals surface area contributed by atoms with Crippen LogP contribution in [0.4, 0.5) is 20.2 Å². The first-order valence-corrected chi connectivity index (χ1v) is 12.6. The lowest BCUT2D eigenvalue weighted by molar-refractivity contribution is -0.124. The average Bonchev–Trinajstić information content (AvgIpc) is 2.96. The summed E-state index contributed by atoms with van der Waals surface area (Å²) >= 11 is 0. The molecule has 0 unspecified atom stereocenters. The Labute approximate surface area is 197 Å². The fraction of sp³-hybridized carbons (Fsp3) is 0.417. The molecular weight excluding hydrogens is 464 g/mol. The lowest BCUT2D eigenvalue weighted by Crippen LogP contribution is -2.40. The van der Waals surface area contributed by atoms with Crippen molar-refractivity contribution in [3.63, 3.8) is 0 Å². The van der Waals surface area contributed by atoms with Crippen LogP contribution < -0.4 is 10.2 Å².